The number of hydrogen-bond acceptors (Lipinski definition) is 7. The van der Waals surface area contributed by atoms with E-state index in [1.807, 2.05) is 31.1 Å². The van der Waals surface area contributed by atoms with Gasteiger partial charge < -0.3 is 19.8 Å². The number of nitrogens with zero attached hydrogens (tertiary/aromatic N) is 3. The van der Waals surface area contributed by atoms with Crippen molar-refractivity contribution in [3.63, 3.8) is 0 Å². The highest BCUT2D eigenvalue weighted by Gasteiger charge is 2.16. The summed E-state index contributed by atoms with van der Waals surface area (Å²) < 4.78 is 4.63. The molecule has 7 nitrogen and oxygen atoms in total. The van der Waals surface area contributed by atoms with Gasteiger partial charge in [-0.05, 0) is 31.8 Å². The van der Waals surface area contributed by atoms with Gasteiger partial charge in [-0.2, -0.15) is 0 Å². The lowest BCUT2D eigenvalue weighted by Crippen LogP contribution is -2.14. The Morgan fingerprint density at radius 2 is 2.00 bits per heavy atom. The maximum absolute atomic E-state index is 11.2. The Kier molecular flexibility index (Phi) is 11.4. The molecule has 2 unspecified atom stereocenters. The van der Waals surface area contributed by atoms with E-state index >= 15 is 0 Å². The topological polar surface area (TPSA) is 95.8 Å². The van der Waals surface area contributed by atoms with Crippen LogP contribution in [0.1, 0.15) is 75.8 Å². The molecule has 0 radical (unpaired) electrons. The predicted molar refractivity (Wildman–Crippen MR) is 111 cm³/mol. The standard InChI is InChI=1S/C21H35N3O4/c1-5-6-7-10-16(25)11-8-12-17-21(22-15-19(23-17)24(2)3)18(26)13-9-14-20(27)28-4/h8,12,15-16,18,25-26H,5-7,9-11,13-14H2,1-4H3/b12-8+. The van der Waals surface area contributed by atoms with E-state index in [0.717, 1.165) is 25.7 Å². The minimum Gasteiger partial charge on any atom is -0.469 e. The third-order valence-corrected chi connectivity index (χ3v) is 4.50. The fourth-order valence-electron chi connectivity index (χ4n) is 2.76. The molecule has 0 bridgehead atoms. The van der Waals surface area contributed by atoms with Crippen LogP contribution < -0.4 is 4.90 Å². The average Bonchev–Trinajstić information content (AvgIpc) is 2.67. The SMILES string of the molecule is CCCCCC(O)C/C=C/c1nc(N(C)C)cnc1C(O)CCCC(=O)OC. The molecule has 158 valence electrons. The number of methoxy groups -OCH3 is 1. The second-order valence-electron chi connectivity index (χ2n) is 7.16. The summed E-state index contributed by atoms with van der Waals surface area (Å²) in [6.07, 6.45) is 9.87. The zero-order valence-corrected chi connectivity index (χ0v) is 17.6. The maximum atomic E-state index is 11.2. The summed E-state index contributed by atoms with van der Waals surface area (Å²) in [6, 6.07) is 0. The van der Waals surface area contributed by atoms with E-state index in [-0.39, 0.29) is 18.5 Å². The summed E-state index contributed by atoms with van der Waals surface area (Å²) in [4.78, 5) is 22.0. The van der Waals surface area contributed by atoms with Crippen LogP contribution in [0.4, 0.5) is 5.82 Å². The van der Waals surface area contributed by atoms with Gasteiger partial charge in [-0.3, -0.25) is 9.78 Å². The van der Waals surface area contributed by atoms with Crippen LogP contribution in [0.2, 0.25) is 0 Å². The number of anilines is 1. The summed E-state index contributed by atoms with van der Waals surface area (Å²) in [6.45, 7) is 2.14. The van der Waals surface area contributed by atoms with E-state index in [4.69, 9.17) is 0 Å². The lowest BCUT2D eigenvalue weighted by molar-refractivity contribution is -0.140. The van der Waals surface area contributed by atoms with Crippen LogP contribution in [0.15, 0.2) is 12.3 Å². The number of carbonyl (C=O) groups excluding carboxylic acids is 1. The lowest BCUT2D eigenvalue weighted by Gasteiger charge is -2.16. The van der Waals surface area contributed by atoms with Crippen LogP contribution in [0.25, 0.3) is 6.08 Å². The molecule has 2 N–H and O–H groups in total. The molecule has 0 spiro atoms. The minimum atomic E-state index is -0.817. The maximum Gasteiger partial charge on any atom is 0.305 e. The van der Waals surface area contributed by atoms with Crippen LogP contribution >= 0.6 is 0 Å². The zero-order valence-electron chi connectivity index (χ0n) is 17.6. The average molecular weight is 394 g/mol. The van der Waals surface area contributed by atoms with E-state index in [0.29, 0.717) is 36.5 Å². The Morgan fingerprint density at radius 1 is 1.25 bits per heavy atom. The Hall–Kier alpha value is -1.99. The first-order valence-corrected chi connectivity index (χ1v) is 10.0. The van der Waals surface area contributed by atoms with Crippen LogP contribution in [0, 0.1) is 0 Å². The lowest BCUT2D eigenvalue weighted by atomic mass is 10.1. The quantitative estimate of drug-likeness (QED) is 0.392. The molecule has 1 aromatic heterocycles. The van der Waals surface area contributed by atoms with Gasteiger partial charge in [0, 0.05) is 20.5 Å². The number of rotatable bonds is 13. The van der Waals surface area contributed by atoms with Crippen molar-refractivity contribution in [1.82, 2.24) is 9.97 Å². The third kappa shape index (κ3) is 8.80. The van der Waals surface area contributed by atoms with Crippen molar-refractivity contribution in [1.29, 1.82) is 0 Å². The molecular weight excluding hydrogens is 358 g/mol. The summed E-state index contributed by atoms with van der Waals surface area (Å²) >= 11 is 0. The highest BCUT2D eigenvalue weighted by atomic mass is 16.5. The van der Waals surface area contributed by atoms with Gasteiger partial charge in [-0.15, -0.1) is 0 Å². The van der Waals surface area contributed by atoms with Gasteiger partial charge in [0.2, 0.25) is 0 Å². The number of carbonyl (C=O) groups is 1. The molecule has 0 fully saturated rings. The first-order valence-electron chi connectivity index (χ1n) is 10.0. The van der Waals surface area contributed by atoms with Gasteiger partial charge in [0.15, 0.2) is 0 Å². The molecule has 1 heterocycles. The molecule has 0 aliphatic carbocycles. The molecule has 7 heteroatoms. The molecule has 0 aliphatic heterocycles. The number of aromatic nitrogens is 2. The number of aliphatic hydroxyl groups excluding tert-OH is 2. The Morgan fingerprint density at radius 3 is 2.64 bits per heavy atom. The number of ether oxygens (including phenoxy) is 1. The number of hydrogen-bond donors (Lipinski definition) is 2. The predicted octanol–water partition coefficient (Wildman–Crippen LogP) is 3.26. The summed E-state index contributed by atoms with van der Waals surface area (Å²) in [7, 11) is 5.10. The van der Waals surface area contributed by atoms with Crippen molar-refractivity contribution < 1.29 is 19.7 Å². The Labute approximate surface area is 168 Å². The number of aliphatic hydroxyl groups is 2. The largest absolute Gasteiger partial charge is 0.469 e. The molecule has 0 saturated carbocycles. The fourth-order valence-corrected chi connectivity index (χ4v) is 2.76. The Balaban J connectivity index is 2.80. The van der Waals surface area contributed by atoms with E-state index in [2.05, 4.69) is 21.6 Å². The minimum absolute atomic E-state index is 0.256. The van der Waals surface area contributed by atoms with Crippen LogP contribution in [-0.2, 0) is 9.53 Å². The number of esters is 1. The van der Waals surface area contributed by atoms with E-state index < -0.39 is 6.10 Å². The summed E-state index contributed by atoms with van der Waals surface area (Å²) in [5, 5.41) is 20.6. The van der Waals surface area contributed by atoms with Crippen molar-refractivity contribution in [3.05, 3.63) is 23.7 Å². The van der Waals surface area contributed by atoms with Crippen LogP contribution in [0.5, 0.6) is 0 Å². The van der Waals surface area contributed by atoms with Crippen LogP contribution in [-0.4, -0.2) is 53.5 Å². The van der Waals surface area contributed by atoms with Crippen LogP contribution in [0.3, 0.4) is 0 Å². The number of unbranched alkanes of at least 4 members (excludes halogenated alkanes) is 2. The second-order valence-corrected chi connectivity index (χ2v) is 7.16. The second kappa shape index (κ2) is 13.2. The molecule has 1 rings (SSSR count). The van der Waals surface area contributed by atoms with Crippen molar-refractivity contribution >= 4 is 17.9 Å². The van der Waals surface area contributed by atoms with Crippen molar-refractivity contribution in [2.24, 2.45) is 0 Å². The van der Waals surface area contributed by atoms with Gasteiger partial charge in [-0.25, -0.2) is 4.98 Å². The van der Waals surface area contributed by atoms with Gasteiger partial charge in [0.25, 0.3) is 0 Å². The fraction of sp³-hybridized carbons (Fsp3) is 0.667. The Bertz CT molecular complexity index is 620. The smallest absolute Gasteiger partial charge is 0.305 e. The molecule has 0 saturated heterocycles. The van der Waals surface area contributed by atoms with Gasteiger partial charge in [-0.1, -0.05) is 32.3 Å². The summed E-state index contributed by atoms with van der Waals surface area (Å²) in [5.74, 6) is 0.395. The third-order valence-electron chi connectivity index (χ3n) is 4.50. The molecular formula is C21H35N3O4. The highest BCUT2D eigenvalue weighted by molar-refractivity contribution is 5.69. The molecule has 28 heavy (non-hydrogen) atoms. The van der Waals surface area contributed by atoms with Crippen molar-refractivity contribution in [3.8, 4) is 0 Å². The van der Waals surface area contributed by atoms with Crippen molar-refractivity contribution in [2.75, 3.05) is 26.1 Å². The molecule has 2 atom stereocenters. The molecule has 0 aromatic carbocycles. The monoisotopic (exact) mass is 393 g/mol. The van der Waals surface area contributed by atoms with E-state index in [9.17, 15) is 15.0 Å². The molecule has 0 aliphatic rings. The van der Waals surface area contributed by atoms with E-state index in [1.165, 1.54) is 7.11 Å². The van der Waals surface area contributed by atoms with Gasteiger partial charge >= 0.3 is 5.97 Å². The molecule has 1 aromatic rings. The van der Waals surface area contributed by atoms with Gasteiger partial charge in [0.1, 0.15) is 5.82 Å². The first-order chi connectivity index (χ1) is 13.4. The molecule has 0 amide bonds. The summed E-state index contributed by atoms with van der Waals surface area (Å²) in [5.41, 5.74) is 1.06. The first kappa shape index (κ1) is 24.0. The normalized spacial score (nSPS) is 13.5. The van der Waals surface area contributed by atoms with Crippen molar-refractivity contribution in [2.45, 2.75) is 70.5 Å². The highest BCUT2D eigenvalue weighted by Crippen LogP contribution is 2.23. The van der Waals surface area contributed by atoms with E-state index in [1.54, 1.807) is 6.20 Å². The van der Waals surface area contributed by atoms with Gasteiger partial charge in [0.05, 0.1) is 36.9 Å². The zero-order chi connectivity index (χ0) is 20.9.